The predicted molar refractivity (Wildman–Crippen MR) is 94.2 cm³/mol. The molecule has 4 heterocycles. The molecule has 0 bridgehead atoms. The van der Waals surface area contributed by atoms with Crippen molar-refractivity contribution in [1.82, 2.24) is 24.4 Å². The number of carbonyl (C=O) groups excluding carboxylic acids is 1. The third-order valence-electron chi connectivity index (χ3n) is 4.76. The van der Waals surface area contributed by atoms with Gasteiger partial charge in [0.2, 0.25) is 5.91 Å². The van der Waals surface area contributed by atoms with Crippen molar-refractivity contribution in [3.63, 3.8) is 0 Å². The van der Waals surface area contributed by atoms with Gasteiger partial charge in [-0.1, -0.05) is 0 Å². The van der Waals surface area contributed by atoms with Crippen molar-refractivity contribution in [2.75, 3.05) is 39.4 Å². The summed E-state index contributed by atoms with van der Waals surface area (Å²) in [5.41, 5.74) is 1.50. The van der Waals surface area contributed by atoms with E-state index in [4.69, 9.17) is 9.15 Å². The van der Waals surface area contributed by atoms with Crippen molar-refractivity contribution in [2.24, 2.45) is 0 Å². The monoisotopic (exact) mass is 359 g/mol. The first-order valence-electron chi connectivity index (χ1n) is 8.69. The van der Waals surface area contributed by atoms with Crippen LogP contribution in [0, 0.1) is 0 Å². The van der Waals surface area contributed by atoms with E-state index < -0.39 is 6.04 Å². The largest absolute Gasteiger partial charge is 0.463 e. The minimum absolute atomic E-state index is 0.229. The number of ether oxygens (including phenoxy) is 1. The van der Waals surface area contributed by atoms with Gasteiger partial charge in [0, 0.05) is 38.3 Å². The Balaban J connectivity index is 1.46. The second kappa shape index (κ2) is 6.93. The van der Waals surface area contributed by atoms with Gasteiger partial charge in [0.05, 0.1) is 25.0 Å². The molecular weight excluding hydrogens is 338 g/mol. The van der Waals surface area contributed by atoms with Crippen LogP contribution in [0.4, 0.5) is 0 Å². The molecule has 1 fully saturated rings. The Morgan fingerprint density at radius 2 is 2.15 bits per heavy atom. The van der Waals surface area contributed by atoms with Crippen LogP contribution in [0.3, 0.4) is 0 Å². The maximum Gasteiger partial charge on any atom is 0.291 e. The van der Waals surface area contributed by atoms with Crippen LogP contribution in [0.25, 0.3) is 16.6 Å². The molecule has 0 saturated carbocycles. The molecular formula is C17H21N5O4. The molecule has 4 rings (SSSR count). The predicted octanol–water partition coefficient (Wildman–Crippen LogP) is 0.252. The van der Waals surface area contributed by atoms with Gasteiger partial charge in [-0.2, -0.15) is 5.10 Å². The van der Waals surface area contributed by atoms with Crippen LogP contribution in [0.2, 0.25) is 0 Å². The maximum absolute atomic E-state index is 12.7. The van der Waals surface area contributed by atoms with E-state index >= 15 is 0 Å². The van der Waals surface area contributed by atoms with Crippen LogP contribution in [0.15, 0.2) is 33.9 Å². The number of morpholine rings is 1. The van der Waals surface area contributed by atoms with Crippen molar-refractivity contribution in [3.05, 3.63) is 35.1 Å². The molecule has 26 heavy (non-hydrogen) atoms. The van der Waals surface area contributed by atoms with Crippen LogP contribution in [0.5, 0.6) is 0 Å². The molecule has 3 aromatic heterocycles. The van der Waals surface area contributed by atoms with E-state index in [9.17, 15) is 9.59 Å². The van der Waals surface area contributed by atoms with Crippen molar-refractivity contribution >= 4 is 22.5 Å². The topological polar surface area (TPSA) is 94.0 Å². The quantitative estimate of drug-likeness (QED) is 0.702. The number of nitrogens with one attached hydrogen (secondary N) is 1. The Hall–Kier alpha value is -2.65. The van der Waals surface area contributed by atoms with Crippen LogP contribution >= 0.6 is 0 Å². The number of nitrogens with zero attached hydrogens (tertiary/aromatic N) is 4. The molecule has 0 aliphatic carbocycles. The first-order valence-corrected chi connectivity index (χ1v) is 8.69. The second-order valence-corrected chi connectivity index (χ2v) is 6.37. The minimum atomic E-state index is -0.696. The molecule has 0 radical (unpaired) electrons. The Bertz CT molecular complexity index is 982. The summed E-state index contributed by atoms with van der Waals surface area (Å²) in [6.07, 6.45) is 3.10. The van der Waals surface area contributed by atoms with Gasteiger partial charge in [-0.15, -0.1) is 0 Å². The number of rotatable bonds is 5. The van der Waals surface area contributed by atoms with Crippen molar-refractivity contribution in [1.29, 1.82) is 0 Å². The van der Waals surface area contributed by atoms with Gasteiger partial charge >= 0.3 is 0 Å². The van der Waals surface area contributed by atoms with Crippen molar-refractivity contribution in [3.8, 4) is 0 Å². The lowest BCUT2D eigenvalue weighted by Crippen LogP contribution is -2.43. The molecule has 1 saturated heterocycles. The minimum Gasteiger partial charge on any atom is -0.463 e. The summed E-state index contributed by atoms with van der Waals surface area (Å²) >= 11 is 0. The third-order valence-corrected chi connectivity index (χ3v) is 4.76. The van der Waals surface area contributed by atoms with Gasteiger partial charge < -0.3 is 14.5 Å². The Morgan fingerprint density at radius 1 is 1.35 bits per heavy atom. The van der Waals surface area contributed by atoms with Gasteiger partial charge in [0.1, 0.15) is 17.9 Å². The van der Waals surface area contributed by atoms with Gasteiger partial charge in [0.15, 0.2) is 5.58 Å². The molecule has 1 atom stereocenters. The van der Waals surface area contributed by atoms with Gasteiger partial charge in [-0.3, -0.25) is 18.9 Å². The number of furan rings is 1. The average Bonchev–Trinajstić information content (AvgIpc) is 3.24. The molecule has 3 aromatic rings. The Morgan fingerprint density at radius 3 is 2.96 bits per heavy atom. The third kappa shape index (κ3) is 2.99. The highest BCUT2D eigenvalue weighted by atomic mass is 16.5. The molecule has 0 spiro atoms. The average molecular weight is 359 g/mol. The summed E-state index contributed by atoms with van der Waals surface area (Å²) in [6, 6.07) is 2.74. The summed E-state index contributed by atoms with van der Waals surface area (Å²) in [7, 11) is 0. The summed E-state index contributed by atoms with van der Waals surface area (Å²) in [5, 5.41) is 7.04. The zero-order valence-electron chi connectivity index (χ0n) is 14.6. The lowest BCUT2D eigenvalue weighted by Gasteiger charge is -2.26. The molecule has 1 amide bonds. The highest BCUT2D eigenvalue weighted by molar-refractivity contribution is 5.82. The van der Waals surface area contributed by atoms with Gasteiger partial charge in [-0.25, -0.2) is 4.68 Å². The number of carbonyl (C=O) groups is 1. The van der Waals surface area contributed by atoms with Crippen molar-refractivity contribution in [2.45, 2.75) is 13.0 Å². The van der Waals surface area contributed by atoms with Crippen LogP contribution in [-0.4, -0.2) is 64.4 Å². The lowest BCUT2D eigenvalue weighted by molar-refractivity contribution is -0.124. The van der Waals surface area contributed by atoms with E-state index in [-0.39, 0.29) is 11.5 Å². The fourth-order valence-electron chi connectivity index (χ4n) is 3.21. The van der Waals surface area contributed by atoms with Crippen molar-refractivity contribution < 1.29 is 13.9 Å². The molecule has 1 N–H and O–H groups in total. The van der Waals surface area contributed by atoms with Gasteiger partial charge in [-0.05, 0) is 6.92 Å². The molecule has 9 heteroatoms. The Labute approximate surface area is 149 Å². The second-order valence-electron chi connectivity index (χ2n) is 6.37. The summed E-state index contributed by atoms with van der Waals surface area (Å²) in [6.45, 7) is 6.16. The lowest BCUT2D eigenvalue weighted by atomic mass is 10.3. The van der Waals surface area contributed by atoms with Crippen LogP contribution in [-0.2, 0) is 9.53 Å². The summed E-state index contributed by atoms with van der Waals surface area (Å²) < 4.78 is 13.5. The number of hydrogen-bond donors (Lipinski definition) is 1. The first-order chi connectivity index (χ1) is 12.6. The summed E-state index contributed by atoms with van der Waals surface area (Å²) in [4.78, 5) is 27.4. The van der Waals surface area contributed by atoms with Crippen LogP contribution < -0.4 is 10.9 Å². The SMILES string of the molecule is CC(C(=O)NCCN1CCOCC1)n1ncn2c(cc3occc32)c1=O. The highest BCUT2D eigenvalue weighted by Gasteiger charge is 2.20. The van der Waals surface area contributed by atoms with Crippen LogP contribution in [0.1, 0.15) is 13.0 Å². The van der Waals surface area contributed by atoms with E-state index in [1.54, 1.807) is 29.7 Å². The molecule has 1 aliphatic rings. The van der Waals surface area contributed by atoms with Gasteiger partial charge in [0.25, 0.3) is 5.56 Å². The van der Waals surface area contributed by atoms with E-state index in [2.05, 4.69) is 15.3 Å². The molecule has 1 aliphatic heterocycles. The fraction of sp³-hybridized carbons (Fsp3) is 0.471. The number of fused-ring (bicyclic) bond motifs is 3. The number of amides is 1. The smallest absolute Gasteiger partial charge is 0.291 e. The van der Waals surface area contributed by atoms with E-state index in [0.717, 1.165) is 38.4 Å². The molecule has 0 aromatic carbocycles. The zero-order valence-corrected chi connectivity index (χ0v) is 14.6. The van der Waals surface area contributed by atoms with E-state index in [0.29, 0.717) is 17.6 Å². The standard InChI is InChI=1S/C17H21N5O4/c1-12(16(23)18-3-4-20-5-8-25-9-6-20)22-17(24)14-10-15-13(2-7-26-15)21(14)11-19-22/h2,7,10-12H,3-6,8-9H2,1H3,(H,18,23). The number of aromatic nitrogens is 3. The summed E-state index contributed by atoms with van der Waals surface area (Å²) in [5.74, 6) is -0.229. The molecule has 9 nitrogen and oxygen atoms in total. The van der Waals surface area contributed by atoms with E-state index in [1.807, 2.05) is 0 Å². The normalized spacial score (nSPS) is 17.0. The molecule has 138 valence electrons. The highest BCUT2D eigenvalue weighted by Crippen LogP contribution is 2.18. The number of hydrogen-bond acceptors (Lipinski definition) is 6. The van der Waals surface area contributed by atoms with E-state index in [1.165, 1.54) is 11.0 Å². The molecule has 1 unspecified atom stereocenters. The Kier molecular flexibility index (Phi) is 4.48. The fourth-order valence-corrected chi connectivity index (χ4v) is 3.21. The maximum atomic E-state index is 12.7. The first kappa shape index (κ1) is 16.8. The zero-order chi connectivity index (χ0) is 18.1.